The zero-order valence-corrected chi connectivity index (χ0v) is 14.7. The number of hydrogen-bond acceptors (Lipinski definition) is 1. The lowest BCUT2D eigenvalue weighted by molar-refractivity contribution is 0.691. The summed E-state index contributed by atoms with van der Waals surface area (Å²) in [5, 5.41) is 4.78. The van der Waals surface area contributed by atoms with E-state index in [1.807, 2.05) is 31.3 Å². The van der Waals surface area contributed by atoms with Crippen molar-refractivity contribution < 1.29 is 0 Å². The molecule has 0 radical (unpaired) electrons. The van der Waals surface area contributed by atoms with Gasteiger partial charge in [0.25, 0.3) is 0 Å². The number of rotatable bonds is 3. The molecule has 0 aliphatic rings. The van der Waals surface area contributed by atoms with Gasteiger partial charge in [-0.15, -0.1) is 0 Å². The average Bonchev–Trinajstić information content (AvgIpc) is 2.40. The molecule has 1 unspecified atom stereocenters. The van der Waals surface area contributed by atoms with Crippen molar-refractivity contribution in [2.24, 2.45) is 0 Å². The van der Waals surface area contributed by atoms with E-state index in [0.717, 1.165) is 20.6 Å². The normalized spacial score (nSPS) is 12.5. The molecule has 0 bridgehead atoms. The fourth-order valence-corrected chi connectivity index (χ4v) is 2.98. The molecule has 20 heavy (non-hydrogen) atoms. The van der Waals surface area contributed by atoms with Gasteiger partial charge in [-0.2, -0.15) is 0 Å². The number of hydrogen-bond donors (Lipinski definition) is 1. The minimum atomic E-state index is 0.0207. The van der Waals surface area contributed by atoms with Gasteiger partial charge in [0.1, 0.15) is 0 Å². The molecule has 0 heterocycles. The molecule has 0 aliphatic carbocycles. The van der Waals surface area contributed by atoms with Crippen LogP contribution in [-0.4, -0.2) is 7.05 Å². The highest BCUT2D eigenvalue weighted by atomic mass is 79.9. The molecule has 0 aromatic heterocycles. The minimum Gasteiger partial charge on any atom is -0.309 e. The molecule has 0 aliphatic heterocycles. The van der Waals surface area contributed by atoms with Crippen LogP contribution in [0.1, 0.15) is 28.3 Å². The Kier molecular flexibility index (Phi) is 5.14. The van der Waals surface area contributed by atoms with E-state index >= 15 is 0 Å². The Labute approximate surface area is 138 Å². The molecule has 106 valence electrons. The maximum absolute atomic E-state index is 6.41. The van der Waals surface area contributed by atoms with Crippen LogP contribution in [0.5, 0.6) is 0 Å². The second kappa shape index (κ2) is 6.48. The van der Waals surface area contributed by atoms with Crippen molar-refractivity contribution in [1.29, 1.82) is 0 Å². The summed E-state index contributed by atoms with van der Waals surface area (Å²) in [5.74, 6) is 0. The molecule has 1 atom stereocenters. The Bertz CT molecular complexity index is 641. The van der Waals surface area contributed by atoms with E-state index in [1.54, 1.807) is 0 Å². The molecule has 2 aromatic carbocycles. The van der Waals surface area contributed by atoms with Crippen LogP contribution >= 0.6 is 39.1 Å². The summed E-state index contributed by atoms with van der Waals surface area (Å²) in [6.45, 7) is 4.16. The number of halogens is 3. The second-order valence-corrected chi connectivity index (χ2v) is 6.52. The van der Waals surface area contributed by atoms with E-state index in [4.69, 9.17) is 23.2 Å². The van der Waals surface area contributed by atoms with Crippen LogP contribution in [-0.2, 0) is 0 Å². The molecule has 0 spiro atoms. The summed E-state index contributed by atoms with van der Waals surface area (Å²) in [7, 11) is 1.92. The Morgan fingerprint density at radius 2 is 1.65 bits per heavy atom. The quantitative estimate of drug-likeness (QED) is 0.730. The third-order valence-corrected chi connectivity index (χ3v) is 5.05. The maximum Gasteiger partial charge on any atom is 0.0589 e. The van der Waals surface area contributed by atoms with Gasteiger partial charge in [0.15, 0.2) is 0 Å². The van der Waals surface area contributed by atoms with Crippen LogP contribution in [0.3, 0.4) is 0 Å². The zero-order chi connectivity index (χ0) is 14.9. The molecule has 1 nitrogen and oxygen atoms in total. The van der Waals surface area contributed by atoms with Gasteiger partial charge in [-0.3, -0.25) is 0 Å². The summed E-state index contributed by atoms with van der Waals surface area (Å²) in [5.41, 5.74) is 4.58. The van der Waals surface area contributed by atoms with Crippen molar-refractivity contribution in [3.63, 3.8) is 0 Å². The molecule has 0 fully saturated rings. The van der Waals surface area contributed by atoms with Crippen molar-refractivity contribution in [2.45, 2.75) is 19.9 Å². The van der Waals surface area contributed by atoms with Gasteiger partial charge in [0.2, 0.25) is 0 Å². The van der Waals surface area contributed by atoms with Crippen molar-refractivity contribution in [1.82, 2.24) is 5.32 Å². The van der Waals surface area contributed by atoms with Gasteiger partial charge in [-0.05, 0) is 77.3 Å². The Morgan fingerprint density at radius 3 is 2.25 bits per heavy atom. The minimum absolute atomic E-state index is 0.0207. The van der Waals surface area contributed by atoms with Crippen molar-refractivity contribution in [2.75, 3.05) is 7.05 Å². The van der Waals surface area contributed by atoms with E-state index in [1.165, 1.54) is 11.1 Å². The van der Waals surface area contributed by atoms with E-state index < -0.39 is 0 Å². The smallest absolute Gasteiger partial charge is 0.0589 e. The predicted octanol–water partition coefficient (Wildman–Crippen LogP) is 5.68. The first-order valence-corrected chi connectivity index (χ1v) is 7.87. The van der Waals surface area contributed by atoms with Crippen LogP contribution in [0.4, 0.5) is 0 Å². The lowest BCUT2D eigenvalue weighted by atomic mass is 9.95. The third-order valence-electron chi connectivity index (χ3n) is 3.49. The molecule has 1 N–H and O–H groups in total. The first kappa shape index (κ1) is 15.8. The molecule has 0 amide bonds. The molecular formula is C16H16BrCl2N. The lowest BCUT2D eigenvalue weighted by Gasteiger charge is -2.20. The highest BCUT2D eigenvalue weighted by molar-refractivity contribution is 9.10. The number of nitrogens with one attached hydrogen (secondary N) is 1. The zero-order valence-electron chi connectivity index (χ0n) is 11.6. The molecule has 2 rings (SSSR count). The first-order chi connectivity index (χ1) is 9.43. The van der Waals surface area contributed by atoms with Crippen molar-refractivity contribution in [3.05, 3.63) is 67.1 Å². The second-order valence-electron chi connectivity index (χ2n) is 4.85. The highest BCUT2D eigenvalue weighted by Crippen LogP contribution is 2.33. The summed E-state index contributed by atoms with van der Waals surface area (Å²) in [4.78, 5) is 0. The summed E-state index contributed by atoms with van der Waals surface area (Å²) >= 11 is 16.0. The Hall–Kier alpha value is -0.540. The standard InChI is InChI=1S/C16H16BrCl2N/c1-9-6-12(14(18)7-10(9)2)16(20-3)11-4-5-13(17)15(19)8-11/h4-8,16,20H,1-3H3. The van der Waals surface area contributed by atoms with Gasteiger partial charge in [-0.25, -0.2) is 0 Å². The Morgan fingerprint density at radius 1 is 1.00 bits per heavy atom. The van der Waals surface area contributed by atoms with Crippen LogP contribution in [0.25, 0.3) is 0 Å². The largest absolute Gasteiger partial charge is 0.309 e. The molecule has 0 saturated carbocycles. The molecule has 2 aromatic rings. The van der Waals surface area contributed by atoms with Crippen LogP contribution in [0.2, 0.25) is 10.0 Å². The van der Waals surface area contributed by atoms with Crippen LogP contribution in [0, 0.1) is 13.8 Å². The fourth-order valence-electron chi connectivity index (χ4n) is 2.22. The molecule has 4 heteroatoms. The van der Waals surface area contributed by atoms with Crippen molar-refractivity contribution in [3.8, 4) is 0 Å². The van der Waals surface area contributed by atoms with Gasteiger partial charge in [-0.1, -0.05) is 35.3 Å². The number of aryl methyl sites for hydroxylation is 2. The lowest BCUT2D eigenvalue weighted by Crippen LogP contribution is -2.18. The van der Waals surface area contributed by atoms with E-state index in [2.05, 4.69) is 41.2 Å². The maximum atomic E-state index is 6.41. The Balaban J connectivity index is 2.52. The van der Waals surface area contributed by atoms with E-state index in [0.29, 0.717) is 5.02 Å². The van der Waals surface area contributed by atoms with Crippen LogP contribution in [0.15, 0.2) is 34.8 Å². The summed E-state index contributed by atoms with van der Waals surface area (Å²) in [6, 6.07) is 10.1. The predicted molar refractivity (Wildman–Crippen MR) is 91.0 cm³/mol. The van der Waals surface area contributed by atoms with Gasteiger partial charge in [0, 0.05) is 9.50 Å². The number of benzene rings is 2. The van der Waals surface area contributed by atoms with Crippen molar-refractivity contribution >= 4 is 39.1 Å². The van der Waals surface area contributed by atoms with E-state index in [-0.39, 0.29) is 6.04 Å². The summed E-state index contributed by atoms with van der Waals surface area (Å²) < 4.78 is 0.893. The monoisotopic (exact) mass is 371 g/mol. The molecule has 0 saturated heterocycles. The fraction of sp³-hybridized carbons (Fsp3) is 0.250. The third kappa shape index (κ3) is 3.20. The highest BCUT2D eigenvalue weighted by Gasteiger charge is 2.17. The summed E-state index contributed by atoms with van der Waals surface area (Å²) in [6.07, 6.45) is 0. The molecular weight excluding hydrogens is 357 g/mol. The van der Waals surface area contributed by atoms with Crippen LogP contribution < -0.4 is 5.32 Å². The van der Waals surface area contributed by atoms with E-state index in [9.17, 15) is 0 Å². The van der Waals surface area contributed by atoms with Gasteiger partial charge < -0.3 is 5.32 Å². The first-order valence-electron chi connectivity index (χ1n) is 6.33. The van der Waals surface area contributed by atoms with Gasteiger partial charge in [0.05, 0.1) is 11.1 Å². The van der Waals surface area contributed by atoms with Gasteiger partial charge >= 0.3 is 0 Å². The SMILES string of the molecule is CNC(c1ccc(Br)c(Cl)c1)c1cc(C)c(C)cc1Cl. The topological polar surface area (TPSA) is 12.0 Å². The average molecular weight is 373 g/mol.